The summed E-state index contributed by atoms with van der Waals surface area (Å²) < 4.78 is 1.44. The summed E-state index contributed by atoms with van der Waals surface area (Å²) >= 11 is 12.5. The number of carbonyl (C=O) groups excluding carboxylic acids is 2. The van der Waals surface area contributed by atoms with Gasteiger partial charge in [0.05, 0.1) is 22.3 Å². The molecule has 1 aromatic heterocycles. The molecule has 11 heteroatoms. The van der Waals surface area contributed by atoms with Crippen LogP contribution in [0.4, 0.5) is 5.69 Å². The van der Waals surface area contributed by atoms with E-state index in [1.807, 2.05) is 13.0 Å². The van der Waals surface area contributed by atoms with E-state index in [-0.39, 0.29) is 31.4 Å². The summed E-state index contributed by atoms with van der Waals surface area (Å²) in [6, 6.07) is 12.9. The van der Waals surface area contributed by atoms with E-state index in [0.29, 0.717) is 40.3 Å². The number of amides is 1. The Labute approximate surface area is 245 Å². The number of anilines is 1. The van der Waals surface area contributed by atoms with Crippen LogP contribution in [0.25, 0.3) is 0 Å². The number of nitrogens with zero attached hydrogens (tertiary/aromatic N) is 4. The number of nitrogens with one attached hydrogen (secondary N) is 1. The van der Waals surface area contributed by atoms with Gasteiger partial charge in [0.15, 0.2) is 5.60 Å². The van der Waals surface area contributed by atoms with Crippen LogP contribution in [-0.4, -0.2) is 74.5 Å². The number of aromatic nitrogens is 2. The molecule has 0 unspecified atom stereocenters. The molecule has 0 aliphatic carbocycles. The second-order valence-electron chi connectivity index (χ2n) is 10.3. The molecule has 2 aliphatic heterocycles. The summed E-state index contributed by atoms with van der Waals surface area (Å²) in [4.78, 5) is 34.0. The van der Waals surface area contributed by atoms with Crippen LogP contribution >= 0.6 is 36.7 Å². The Morgan fingerprint density at radius 1 is 1.10 bits per heavy atom. The van der Waals surface area contributed by atoms with Crippen LogP contribution in [-0.2, 0) is 10.4 Å². The minimum Gasteiger partial charge on any atom is -0.380 e. The highest BCUT2D eigenvalue weighted by atomic mass is 35.5. The third kappa shape index (κ3) is 6.28. The molecule has 0 saturated carbocycles. The third-order valence-corrected chi connectivity index (χ3v) is 8.05. The quantitative estimate of drug-likeness (QED) is 0.445. The number of benzene rings is 2. The smallest absolute Gasteiger partial charge is 0.264 e. The number of likely N-dealkylation sites (tertiary alicyclic amines) is 2. The highest BCUT2D eigenvalue weighted by Crippen LogP contribution is 2.30. The van der Waals surface area contributed by atoms with Crippen LogP contribution in [0.5, 0.6) is 0 Å². The molecule has 5 rings (SSSR count). The van der Waals surface area contributed by atoms with Crippen molar-refractivity contribution < 1.29 is 14.7 Å². The molecular weight excluding hydrogens is 557 g/mol. The van der Waals surface area contributed by atoms with Crippen LogP contribution in [0, 0.1) is 6.92 Å². The number of hydrogen-bond donors (Lipinski definition) is 2. The van der Waals surface area contributed by atoms with Crippen LogP contribution in [0.1, 0.15) is 41.4 Å². The maximum absolute atomic E-state index is 13.1. The third-order valence-electron chi connectivity index (χ3n) is 7.50. The lowest BCUT2D eigenvalue weighted by atomic mass is 9.92. The number of carbonyl (C=O) groups is 2. The Hall–Kier alpha value is -2.56. The van der Waals surface area contributed by atoms with Gasteiger partial charge in [0.2, 0.25) is 0 Å². The zero-order chi connectivity index (χ0) is 27.0. The van der Waals surface area contributed by atoms with Crippen molar-refractivity contribution in [2.24, 2.45) is 0 Å². The standard InChI is InChI=1S/C28H31Cl2N5O3.H2S/c1-18-14-35(17-31-18)26(36)24-7-6-21(13-25(24)30)32-22-15-34(16-22)23-8-10-33(11-9-23)27(37)28(2,38)19-4-3-5-20(29)12-19;/h3-7,12-14,17,22-23,32,38H,8-11,15-16H2,1-2H3;1H2/t28-;/m0./s1. The molecule has 3 heterocycles. The lowest BCUT2D eigenvalue weighted by Crippen LogP contribution is -2.61. The minimum absolute atomic E-state index is 0. The molecule has 2 fully saturated rings. The van der Waals surface area contributed by atoms with Gasteiger partial charge in [-0.1, -0.05) is 35.3 Å². The minimum atomic E-state index is -1.61. The average Bonchev–Trinajstić information content (AvgIpc) is 3.31. The molecule has 208 valence electrons. The van der Waals surface area contributed by atoms with Crippen LogP contribution in [0.15, 0.2) is 55.0 Å². The molecule has 1 amide bonds. The number of halogens is 2. The number of aliphatic hydroxyl groups is 1. The fourth-order valence-electron chi connectivity index (χ4n) is 5.24. The van der Waals surface area contributed by atoms with Gasteiger partial charge in [-0.15, -0.1) is 0 Å². The van der Waals surface area contributed by atoms with E-state index in [9.17, 15) is 14.7 Å². The number of imidazole rings is 1. The summed E-state index contributed by atoms with van der Waals surface area (Å²) in [6.07, 6.45) is 4.89. The lowest BCUT2D eigenvalue weighted by molar-refractivity contribution is -0.152. The first-order valence-corrected chi connectivity index (χ1v) is 13.5. The van der Waals surface area contributed by atoms with Gasteiger partial charge in [0.25, 0.3) is 11.8 Å². The first kappa shape index (κ1) is 29.4. The van der Waals surface area contributed by atoms with Crippen molar-refractivity contribution in [3.8, 4) is 0 Å². The van der Waals surface area contributed by atoms with Crippen molar-refractivity contribution in [2.75, 3.05) is 31.5 Å². The molecule has 2 saturated heterocycles. The number of piperidine rings is 1. The van der Waals surface area contributed by atoms with Gasteiger partial charge in [-0.05, 0) is 62.6 Å². The Morgan fingerprint density at radius 2 is 1.82 bits per heavy atom. The van der Waals surface area contributed by atoms with Crippen molar-refractivity contribution in [3.05, 3.63) is 81.9 Å². The van der Waals surface area contributed by atoms with Gasteiger partial charge in [-0.3, -0.25) is 19.1 Å². The van der Waals surface area contributed by atoms with Gasteiger partial charge < -0.3 is 15.3 Å². The highest BCUT2D eigenvalue weighted by molar-refractivity contribution is 7.59. The van der Waals surface area contributed by atoms with Gasteiger partial charge in [0.1, 0.15) is 6.33 Å². The van der Waals surface area contributed by atoms with Gasteiger partial charge in [-0.2, -0.15) is 13.5 Å². The molecule has 0 radical (unpaired) electrons. The summed E-state index contributed by atoms with van der Waals surface area (Å²) in [5.74, 6) is -0.501. The number of rotatable bonds is 6. The Bertz CT molecular complexity index is 1350. The summed E-state index contributed by atoms with van der Waals surface area (Å²) in [5.41, 5.74) is 0.970. The van der Waals surface area contributed by atoms with E-state index in [1.165, 1.54) is 17.8 Å². The fraction of sp³-hybridized carbons (Fsp3) is 0.393. The monoisotopic (exact) mass is 589 g/mol. The number of hydrogen-bond acceptors (Lipinski definition) is 6. The van der Waals surface area contributed by atoms with E-state index >= 15 is 0 Å². The van der Waals surface area contributed by atoms with Crippen LogP contribution < -0.4 is 5.32 Å². The Balaban J connectivity index is 0.00000353. The normalized spacial score (nSPS) is 18.1. The predicted molar refractivity (Wildman–Crippen MR) is 158 cm³/mol. The van der Waals surface area contributed by atoms with Gasteiger partial charge in [-0.25, -0.2) is 4.98 Å². The second kappa shape index (κ2) is 11.9. The van der Waals surface area contributed by atoms with Crippen molar-refractivity contribution in [3.63, 3.8) is 0 Å². The number of aryl methyl sites for hydroxylation is 1. The second-order valence-corrected chi connectivity index (χ2v) is 11.2. The van der Waals surface area contributed by atoms with Gasteiger partial charge >= 0.3 is 0 Å². The highest BCUT2D eigenvalue weighted by Gasteiger charge is 2.40. The molecule has 0 bridgehead atoms. The molecule has 2 aromatic carbocycles. The van der Waals surface area contributed by atoms with E-state index < -0.39 is 5.60 Å². The van der Waals surface area contributed by atoms with E-state index in [2.05, 4.69) is 15.2 Å². The summed E-state index contributed by atoms with van der Waals surface area (Å²) in [6.45, 7) is 6.37. The summed E-state index contributed by atoms with van der Waals surface area (Å²) in [5, 5.41) is 15.4. The van der Waals surface area contributed by atoms with Crippen molar-refractivity contribution >= 4 is 54.2 Å². The van der Waals surface area contributed by atoms with Crippen LogP contribution in [0.2, 0.25) is 10.0 Å². The first-order chi connectivity index (χ1) is 18.1. The zero-order valence-corrected chi connectivity index (χ0v) is 24.4. The van der Waals surface area contributed by atoms with Crippen molar-refractivity contribution in [1.82, 2.24) is 19.4 Å². The zero-order valence-electron chi connectivity index (χ0n) is 21.9. The first-order valence-electron chi connectivity index (χ1n) is 12.7. The average molecular weight is 591 g/mol. The molecule has 39 heavy (non-hydrogen) atoms. The molecule has 2 N–H and O–H groups in total. The van der Waals surface area contributed by atoms with Crippen LogP contribution in [0.3, 0.4) is 0 Å². The maximum Gasteiger partial charge on any atom is 0.264 e. The topological polar surface area (TPSA) is 90.7 Å². The molecule has 2 aliphatic rings. The molecule has 3 aromatic rings. The predicted octanol–water partition coefficient (Wildman–Crippen LogP) is 4.29. The van der Waals surface area contributed by atoms with E-state index in [1.54, 1.807) is 47.5 Å². The Morgan fingerprint density at radius 3 is 2.44 bits per heavy atom. The van der Waals surface area contributed by atoms with E-state index in [4.69, 9.17) is 23.2 Å². The Kier molecular flexibility index (Phi) is 8.98. The SMILES string of the molecule is Cc1cn(C(=O)c2ccc(NC3CN(C4CCN(C(=O)[C@@](C)(O)c5cccc(Cl)c5)CC4)C3)cc2Cl)cn1.S. The molecule has 1 atom stereocenters. The fourth-order valence-corrected chi connectivity index (χ4v) is 5.70. The van der Waals surface area contributed by atoms with E-state index in [0.717, 1.165) is 37.3 Å². The molecule has 0 spiro atoms. The summed E-state index contributed by atoms with van der Waals surface area (Å²) in [7, 11) is 0. The largest absolute Gasteiger partial charge is 0.380 e. The van der Waals surface area contributed by atoms with Crippen molar-refractivity contribution in [1.29, 1.82) is 0 Å². The lowest BCUT2D eigenvalue weighted by Gasteiger charge is -2.48. The maximum atomic E-state index is 13.1. The molecular formula is C28H33Cl2N5O3S. The molecule has 8 nitrogen and oxygen atoms in total. The van der Waals surface area contributed by atoms with Crippen molar-refractivity contribution in [2.45, 2.75) is 44.4 Å². The van der Waals surface area contributed by atoms with Gasteiger partial charge in [0, 0.05) is 49.1 Å².